The number of halogens is 1. The minimum Gasteiger partial charge on any atom is -0.493 e. The Morgan fingerprint density at radius 1 is 0.952 bits per heavy atom. The van der Waals surface area contributed by atoms with Crippen LogP contribution in [-0.4, -0.2) is 16.8 Å². The molecule has 0 bridgehead atoms. The first-order valence-electron chi connectivity index (χ1n) is 6.57. The lowest BCUT2D eigenvalue weighted by Gasteiger charge is -2.03. The molecule has 0 unspecified atom stereocenters. The van der Waals surface area contributed by atoms with Gasteiger partial charge in [0, 0.05) is 10.6 Å². The van der Waals surface area contributed by atoms with Gasteiger partial charge in [-0.05, 0) is 36.4 Å². The van der Waals surface area contributed by atoms with Crippen molar-refractivity contribution in [2.24, 2.45) is 0 Å². The monoisotopic (exact) mass is 300 g/mol. The van der Waals surface area contributed by atoms with Crippen LogP contribution in [-0.2, 0) is 6.42 Å². The van der Waals surface area contributed by atoms with E-state index in [0.29, 0.717) is 29.8 Å². The molecule has 0 saturated heterocycles. The van der Waals surface area contributed by atoms with Gasteiger partial charge in [-0.1, -0.05) is 29.8 Å². The van der Waals surface area contributed by atoms with E-state index >= 15 is 0 Å². The molecule has 21 heavy (non-hydrogen) atoms. The van der Waals surface area contributed by atoms with Crippen LogP contribution in [0, 0.1) is 0 Å². The molecular formula is C16H13ClN2O2. The van der Waals surface area contributed by atoms with Crippen LogP contribution >= 0.6 is 11.6 Å². The molecule has 0 aliphatic carbocycles. The molecule has 0 radical (unpaired) electrons. The van der Waals surface area contributed by atoms with Crippen molar-refractivity contribution in [2.45, 2.75) is 6.42 Å². The van der Waals surface area contributed by atoms with E-state index in [4.69, 9.17) is 20.8 Å². The fourth-order valence-corrected chi connectivity index (χ4v) is 1.97. The third kappa shape index (κ3) is 3.61. The van der Waals surface area contributed by atoms with E-state index in [1.807, 2.05) is 42.5 Å². The average Bonchev–Trinajstić information content (AvgIpc) is 2.99. The van der Waals surface area contributed by atoms with Gasteiger partial charge in [0.15, 0.2) is 0 Å². The van der Waals surface area contributed by atoms with Crippen molar-refractivity contribution in [3.8, 4) is 17.2 Å². The SMILES string of the molecule is Clc1ccc(OCCc2nnc(-c3ccccc3)o2)cc1. The fraction of sp³-hybridized carbons (Fsp3) is 0.125. The molecule has 3 rings (SSSR count). The van der Waals surface area contributed by atoms with E-state index in [2.05, 4.69) is 10.2 Å². The highest BCUT2D eigenvalue weighted by Crippen LogP contribution is 2.18. The normalized spacial score (nSPS) is 10.5. The molecule has 0 N–H and O–H groups in total. The third-order valence-corrected chi connectivity index (χ3v) is 3.14. The van der Waals surface area contributed by atoms with Gasteiger partial charge in [0.05, 0.1) is 13.0 Å². The van der Waals surface area contributed by atoms with Gasteiger partial charge in [0.25, 0.3) is 0 Å². The topological polar surface area (TPSA) is 48.2 Å². The summed E-state index contributed by atoms with van der Waals surface area (Å²) in [5, 5.41) is 8.74. The highest BCUT2D eigenvalue weighted by Gasteiger charge is 2.08. The number of aromatic nitrogens is 2. The molecule has 106 valence electrons. The van der Waals surface area contributed by atoms with E-state index in [9.17, 15) is 0 Å². The summed E-state index contributed by atoms with van der Waals surface area (Å²) in [6.45, 7) is 0.470. The molecule has 0 atom stereocenters. The van der Waals surface area contributed by atoms with Crippen LogP contribution in [0.1, 0.15) is 5.89 Å². The molecule has 0 saturated carbocycles. The third-order valence-electron chi connectivity index (χ3n) is 2.89. The van der Waals surface area contributed by atoms with E-state index in [1.165, 1.54) is 0 Å². The predicted molar refractivity (Wildman–Crippen MR) is 80.4 cm³/mol. The van der Waals surface area contributed by atoms with Crippen molar-refractivity contribution in [1.82, 2.24) is 10.2 Å². The molecule has 4 nitrogen and oxygen atoms in total. The number of nitrogens with zero attached hydrogens (tertiary/aromatic N) is 2. The first-order chi connectivity index (χ1) is 10.3. The summed E-state index contributed by atoms with van der Waals surface area (Å²) >= 11 is 5.81. The lowest BCUT2D eigenvalue weighted by molar-refractivity contribution is 0.307. The Labute approximate surface area is 127 Å². The standard InChI is InChI=1S/C16H13ClN2O2/c17-13-6-8-14(9-7-13)20-11-10-15-18-19-16(21-15)12-4-2-1-3-5-12/h1-9H,10-11H2. The van der Waals surface area contributed by atoms with Crippen LogP contribution in [0.4, 0.5) is 0 Å². The Morgan fingerprint density at radius 2 is 1.71 bits per heavy atom. The maximum Gasteiger partial charge on any atom is 0.247 e. The molecule has 0 amide bonds. The Kier molecular flexibility index (Phi) is 4.17. The molecule has 0 aliphatic heterocycles. The van der Waals surface area contributed by atoms with Gasteiger partial charge in [0.1, 0.15) is 5.75 Å². The van der Waals surface area contributed by atoms with Gasteiger partial charge in [-0.2, -0.15) is 0 Å². The zero-order valence-corrected chi connectivity index (χ0v) is 12.0. The van der Waals surface area contributed by atoms with Crippen molar-refractivity contribution in [1.29, 1.82) is 0 Å². The maximum atomic E-state index is 5.81. The number of benzene rings is 2. The first kappa shape index (κ1) is 13.6. The summed E-state index contributed by atoms with van der Waals surface area (Å²) in [5.74, 6) is 1.85. The van der Waals surface area contributed by atoms with Crippen LogP contribution in [0.25, 0.3) is 11.5 Å². The predicted octanol–water partition coefficient (Wildman–Crippen LogP) is 4.01. The maximum absolute atomic E-state index is 5.81. The summed E-state index contributed by atoms with van der Waals surface area (Å²) in [7, 11) is 0. The Bertz CT molecular complexity index is 696. The Balaban J connectivity index is 1.57. The van der Waals surface area contributed by atoms with Crippen molar-refractivity contribution in [3.05, 3.63) is 65.5 Å². The molecule has 1 heterocycles. The lowest BCUT2D eigenvalue weighted by atomic mass is 10.2. The van der Waals surface area contributed by atoms with Crippen LogP contribution in [0.2, 0.25) is 5.02 Å². The summed E-state index contributed by atoms with van der Waals surface area (Å²) in [6, 6.07) is 16.9. The summed E-state index contributed by atoms with van der Waals surface area (Å²) in [5.41, 5.74) is 0.912. The van der Waals surface area contributed by atoms with Gasteiger partial charge in [-0.25, -0.2) is 0 Å². The highest BCUT2D eigenvalue weighted by atomic mass is 35.5. The van der Waals surface area contributed by atoms with Crippen LogP contribution < -0.4 is 4.74 Å². The van der Waals surface area contributed by atoms with E-state index in [0.717, 1.165) is 11.3 Å². The van der Waals surface area contributed by atoms with Crippen LogP contribution in [0.5, 0.6) is 5.75 Å². The second-order valence-corrected chi connectivity index (χ2v) is 4.86. The summed E-state index contributed by atoms with van der Waals surface area (Å²) < 4.78 is 11.2. The van der Waals surface area contributed by atoms with Crippen molar-refractivity contribution in [2.75, 3.05) is 6.61 Å². The van der Waals surface area contributed by atoms with E-state index in [-0.39, 0.29) is 0 Å². The smallest absolute Gasteiger partial charge is 0.247 e. The summed E-state index contributed by atoms with van der Waals surface area (Å²) in [6.07, 6.45) is 0.558. The molecule has 5 heteroatoms. The fourth-order valence-electron chi connectivity index (χ4n) is 1.84. The first-order valence-corrected chi connectivity index (χ1v) is 6.95. The molecule has 0 aliphatic rings. The second kappa shape index (κ2) is 6.41. The van der Waals surface area contributed by atoms with Gasteiger partial charge >= 0.3 is 0 Å². The van der Waals surface area contributed by atoms with Gasteiger partial charge in [-0.3, -0.25) is 0 Å². The van der Waals surface area contributed by atoms with Crippen LogP contribution in [0.3, 0.4) is 0 Å². The molecule has 2 aromatic carbocycles. The minimum atomic E-state index is 0.470. The minimum absolute atomic E-state index is 0.470. The zero-order chi connectivity index (χ0) is 14.5. The molecular weight excluding hydrogens is 288 g/mol. The van der Waals surface area contributed by atoms with E-state index in [1.54, 1.807) is 12.1 Å². The van der Waals surface area contributed by atoms with Crippen LogP contribution in [0.15, 0.2) is 59.0 Å². The molecule has 0 spiro atoms. The van der Waals surface area contributed by atoms with Gasteiger partial charge < -0.3 is 9.15 Å². The van der Waals surface area contributed by atoms with Gasteiger partial charge in [-0.15, -0.1) is 10.2 Å². The van der Waals surface area contributed by atoms with E-state index < -0.39 is 0 Å². The molecule has 1 aromatic heterocycles. The zero-order valence-electron chi connectivity index (χ0n) is 11.2. The quantitative estimate of drug-likeness (QED) is 0.714. The number of hydrogen-bond acceptors (Lipinski definition) is 4. The lowest BCUT2D eigenvalue weighted by Crippen LogP contribution is -2.01. The largest absolute Gasteiger partial charge is 0.493 e. The average molecular weight is 301 g/mol. The Morgan fingerprint density at radius 3 is 2.48 bits per heavy atom. The highest BCUT2D eigenvalue weighted by molar-refractivity contribution is 6.30. The molecule has 0 fully saturated rings. The van der Waals surface area contributed by atoms with Crippen molar-refractivity contribution >= 4 is 11.6 Å². The molecule has 3 aromatic rings. The van der Waals surface area contributed by atoms with Crippen molar-refractivity contribution < 1.29 is 9.15 Å². The number of ether oxygens (including phenoxy) is 1. The van der Waals surface area contributed by atoms with Crippen molar-refractivity contribution in [3.63, 3.8) is 0 Å². The summed E-state index contributed by atoms with van der Waals surface area (Å²) in [4.78, 5) is 0. The van der Waals surface area contributed by atoms with Gasteiger partial charge in [0.2, 0.25) is 11.8 Å². The Hall–Kier alpha value is -2.33. The number of rotatable bonds is 5. The number of hydrogen-bond donors (Lipinski definition) is 0. The second-order valence-electron chi connectivity index (χ2n) is 4.42.